The van der Waals surface area contributed by atoms with E-state index in [4.69, 9.17) is 9.47 Å². The molecule has 0 aromatic heterocycles. The predicted octanol–water partition coefficient (Wildman–Crippen LogP) is 4.79. The smallest absolute Gasteiger partial charge is 0.165 e. The van der Waals surface area contributed by atoms with E-state index >= 15 is 0 Å². The summed E-state index contributed by atoms with van der Waals surface area (Å²) in [5.41, 5.74) is 4.77. The molecular weight excluding hydrogens is 316 g/mol. The third kappa shape index (κ3) is 3.54. The van der Waals surface area contributed by atoms with E-state index in [9.17, 15) is 0 Å². The van der Waals surface area contributed by atoms with Crippen molar-refractivity contribution in [3.8, 4) is 11.5 Å². The fourth-order valence-corrected chi connectivity index (χ4v) is 2.74. The number of hydrogen-bond donors (Lipinski definition) is 0. The van der Waals surface area contributed by atoms with Gasteiger partial charge in [-0.1, -0.05) is 57.4 Å². The van der Waals surface area contributed by atoms with E-state index in [-0.39, 0.29) is 0 Å². The van der Waals surface area contributed by atoms with Crippen LogP contribution < -0.4 is 9.47 Å². The monoisotopic (exact) mass is 334 g/mol. The van der Waals surface area contributed by atoms with Crippen molar-refractivity contribution in [1.29, 1.82) is 0 Å². The highest BCUT2D eigenvalue weighted by atomic mass is 79.9. The van der Waals surface area contributed by atoms with Gasteiger partial charge in [-0.3, -0.25) is 0 Å². The summed E-state index contributed by atoms with van der Waals surface area (Å²) < 4.78 is 11.4. The van der Waals surface area contributed by atoms with Gasteiger partial charge in [0.05, 0.1) is 7.11 Å². The Balaban J connectivity index is 2.22. The minimum atomic E-state index is 0.545. The molecule has 0 fully saturated rings. The lowest BCUT2D eigenvalue weighted by atomic mass is 10.1. The van der Waals surface area contributed by atoms with Crippen molar-refractivity contribution in [3.05, 3.63) is 58.7 Å². The molecule has 0 unspecified atom stereocenters. The number of benzene rings is 2. The molecule has 0 saturated carbocycles. The number of alkyl halides is 1. The number of para-hydroxylation sites is 1. The highest BCUT2D eigenvalue weighted by Crippen LogP contribution is 2.33. The highest BCUT2D eigenvalue weighted by Gasteiger charge is 2.10. The van der Waals surface area contributed by atoms with Gasteiger partial charge in [-0.15, -0.1) is 0 Å². The first-order valence-corrected chi connectivity index (χ1v) is 7.68. The van der Waals surface area contributed by atoms with Crippen LogP contribution in [0, 0.1) is 13.8 Å². The maximum Gasteiger partial charge on any atom is 0.165 e. The second-order valence-corrected chi connectivity index (χ2v) is 5.43. The number of aryl methyl sites for hydroxylation is 2. The summed E-state index contributed by atoms with van der Waals surface area (Å²) in [6.45, 7) is 4.75. The molecule has 0 bridgehead atoms. The van der Waals surface area contributed by atoms with Crippen LogP contribution in [0.4, 0.5) is 0 Å². The third-order valence-electron chi connectivity index (χ3n) is 3.09. The molecular formula is C17H19BrO2. The fraction of sp³-hybridized carbons (Fsp3) is 0.294. The average Bonchev–Trinajstić information content (AvgIpc) is 2.43. The second-order valence-electron chi connectivity index (χ2n) is 4.87. The van der Waals surface area contributed by atoms with Gasteiger partial charge in [-0.2, -0.15) is 0 Å². The Bertz CT molecular complexity index is 551. The molecule has 0 spiro atoms. The minimum absolute atomic E-state index is 0.545. The summed E-state index contributed by atoms with van der Waals surface area (Å²) in [6.07, 6.45) is 0. The van der Waals surface area contributed by atoms with Crippen LogP contribution >= 0.6 is 15.9 Å². The molecule has 2 nitrogen and oxygen atoms in total. The molecule has 0 saturated heterocycles. The van der Waals surface area contributed by atoms with Gasteiger partial charge in [0.15, 0.2) is 11.5 Å². The van der Waals surface area contributed by atoms with Crippen LogP contribution in [-0.2, 0) is 11.9 Å². The summed E-state index contributed by atoms with van der Waals surface area (Å²) >= 11 is 3.49. The van der Waals surface area contributed by atoms with Crippen LogP contribution in [0.5, 0.6) is 11.5 Å². The lowest BCUT2D eigenvalue weighted by Gasteiger charge is -2.14. The first-order chi connectivity index (χ1) is 9.63. The SMILES string of the molecule is COc1cccc(CBr)c1OCc1cc(C)cc(C)c1. The van der Waals surface area contributed by atoms with E-state index in [0.717, 1.165) is 22.4 Å². The quantitative estimate of drug-likeness (QED) is 0.732. The number of ether oxygens (including phenoxy) is 2. The summed E-state index contributed by atoms with van der Waals surface area (Å²) in [5, 5.41) is 0.742. The third-order valence-corrected chi connectivity index (χ3v) is 3.69. The Hall–Kier alpha value is -1.48. The molecule has 0 amide bonds. The molecule has 0 aliphatic heterocycles. The molecule has 0 heterocycles. The Labute approximate surface area is 128 Å². The van der Waals surface area contributed by atoms with Crippen LogP contribution in [0.1, 0.15) is 22.3 Å². The standard InChI is InChI=1S/C17H19BrO2/c1-12-7-13(2)9-14(8-12)11-20-17-15(10-18)5-4-6-16(17)19-3/h4-9H,10-11H2,1-3H3. The summed E-state index contributed by atoms with van der Waals surface area (Å²) in [4.78, 5) is 0. The minimum Gasteiger partial charge on any atom is -0.493 e. The molecule has 2 aromatic rings. The molecule has 0 aliphatic carbocycles. The van der Waals surface area contributed by atoms with Gasteiger partial charge >= 0.3 is 0 Å². The molecule has 0 N–H and O–H groups in total. The summed E-state index contributed by atoms with van der Waals surface area (Å²) in [5.74, 6) is 1.58. The maximum absolute atomic E-state index is 5.99. The van der Waals surface area contributed by atoms with Gasteiger partial charge in [0.2, 0.25) is 0 Å². The van der Waals surface area contributed by atoms with Crippen molar-refractivity contribution in [3.63, 3.8) is 0 Å². The largest absolute Gasteiger partial charge is 0.493 e. The zero-order chi connectivity index (χ0) is 14.5. The van der Waals surface area contributed by atoms with E-state index < -0.39 is 0 Å². The Morgan fingerprint density at radius 3 is 2.35 bits per heavy atom. The first-order valence-electron chi connectivity index (χ1n) is 6.56. The van der Waals surface area contributed by atoms with Crippen LogP contribution in [0.25, 0.3) is 0 Å². The van der Waals surface area contributed by atoms with Crippen molar-refractivity contribution >= 4 is 15.9 Å². The molecule has 0 atom stereocenters. The van der Waals surface area contributed by atoms with Gasteiger partial charge < -0.3 is 9.47 Å². The fourth-order valence-electron chi connectivity index (χ4n) is 2.30. The normalized spacial score (nSPS) is 10.4. The van der Waals surface area contributed by atoms with Crippen LogP contribution in [0.2, 0.25) is 0 Å². The van der Waals surface area contributed by atoms with Crippen molar-refractivity contribution in [2.24, 2.45) is 0 Å². The lowest BCUT2D eigenvalue weighted by molar-refractivity contribution is 0.282. The van der Waals surface area contributed by atoms with E-state index in [0.29, 0.717) is 6.61 Å². The van der Waals surface area contributed by atoms with Gasteiger partial charge in [-0.25, -0.2) is 0 Å². The van der Waals surface area contributed by atoms with E-state index in [1.54, 1.807) is 7.11 Å². The zero-order valence-electron chi connectivity index (χ0n) is 12.1. The van der Waals surface area contributed by atoms with E-state index in [1.807, 2.05) is 18.2 Å². The number of hydrogen-bond acceptors (Lipinski definition) is 2. The number of methoxy groups -OCH3 is 1. The van der Waals surface area contributed by atoms with Gasteiger partial charge in [0.1, 0.15) is 6.61 Å². The van der Waals surface area contributed by atoms with Crippen molar-refractivity contribution in [2.45, 2.75) is 25.8 Å². The zero-order valence-corrected chi connectivity index (χ0v) is 13.7. The summed E-state index contributed by atoms with van der Waals surface area (Å²) in [6, 6.07) is 12.4. The molecule has 20 heavy (non-hydrogen) atoms. The average molecular weight is 335 g/mol. The Morgan fingerprint density at radius 2 is 1.75 bits per heavy atom. The molecule has 3 heteroatoms. The van der Waals surface area contributed by atoms with E-state index in [1.165, 1.54) is 16.7 Å². The van der Waals surface area contributed by atoms with Crippen LogP contribution in [0.3, 0.4) is 0 Å². The number of rotatable bonds is 5. The Morgan fingerprint density at radius 1 is 1.05 bits per heavy atom. The molecule has 0 radical (unpaired) electrons. The van der Waals surface area contributed by atoms with Crippen molar-refractivity contribution in [2.75, 3.05) is 7.11 Å². The van der Waals surface area contributed by atoms with Crippen molar-refractivity contribution in [1.82, 2.24) is 0 Å². The molecule has 2 rings (SSSR count). The lowest BCUT2D eigenvalue weighted by Crippen LogP contribution is -2.01. The first kappa shape index (κ1) is 14.9. The predicted molar refractivity (Wildman–Crippen MR) is 85.9 cm³/mol. The van der Waals surface area contributed by atoms with Crippen molar-refractivity contribution < 1.29 is 9.47 Å². The van der Waals surface area contributed by atoms with Gasteiger partial charge in [0, 0.05) is 10.9 Å². The topological polar surface area (TPSA) is 18.5 Å². The molecule has 106 valence electrons. The van der Waals surface area contributed by atoms with Gasteiger partial charge in [-0.05, 0) is 25.5 Å². The highest BCUT2D eigenvalue weighted by molar-refractivity contribution is 9.08. The molecule has 0 aliphatic rings. The molecule has 2 aromatic carbocycles. The van der Waals surface area contributed by atoms with E-state index in [2.05, 4.69) is 48.0 Å². The summed E-state index contributed by atoms with van der Waals surface area (Å²) in [7, 11) is 1.66. The number of halogens is 1. The maximum atomic E-state index is 5.99. The van der Waals surface area contributed by atoms with Crippen LogP contribution in [0.15, 0.2) is 36.4 Å². The van der Waals surface area contributed by atoms with Crippen LogP contribution in [-0.4, -0.2) is 7.11 Å². The Kier molecular flexibility index (Phi) is 5.07. The second kappa shape index (κ2) is 6.80. The van der Waals surface area contributed by atoms with Gasteiger partial charge in [0.25, 0.3) is 0 Å².